The number of nitrogens with one attached hydrogen (secondary N) is 4. The van der Waals surface area contributed by atoms with Gasteiger partial charge in [-0.1, -0.05) is 50.1 Å². The van der Waals surface area contributed by atoms with Gasteiger partial charge in [0.25, 0.3) is 0 Å². The van der Waals surface area contributed by atoms with Crippen LogP contribution in [0.4, 0.5) is 22.7 Å². The summed E-state index contributed by atoms with van der Waals surface area (Å²) in [6, 6.07) is 20.0. The van der Waals surface area contributed by atoms with Crippen LogP contribution in [0.2, 0.25) is 0 Å². The monoisotopic (exact) mass is 508 g/mol. The molecule has 0 saturated heterocycles. The van der Waals surface area contributed by atoms with Crippen LogP contribution in [0.3, 0.4) is 0 Å². The fourth-order valence-electron chi connectivity index (χ4n) is 3.49. The average molecular weight is 509 g/mol. The molecule has 0 aromatic heterocycles. The summed E-state index contributed by atoms with van der Waals surface area (Å²) in [5.41, 5.74) is 4.88. The first-order valence-electron chi connectivity index (χ1n) is 11.7. The van der Waals surface area contributed by atoms with E-state index in [9.17, 15) is 19.2 Å². The molecule has 192 valence electrons. The van der Waals surface area contributed by atoms with Crippen molar-refractivity contribution in [3.8, 4) is 11.1 Å². The number of anilines is 4. The van der Waals surface area contributed by atoms with Gasteiger partial charge in [0.05, 0.1) is 11.4 Å². The summed E-state index contributed by atoms with van der Waals surface area (Å²) < 4.78 is 0. The van der Waals surface area contributed by atoms with Crippen molar-refractivity contribution in [2.75, 3.05) is 21.3 Å². The zero-order valence-corrected chi connectivity index (χ0v) is 20.8. The predicted octanol–water partition coefficient (Wildman–Crippen LogP) is 5.30. The second kappa shape index (κ2) is 13.2. The summed E-state index contributed by atoms with van der Waals surface area (Å²) in [5.74, 6) is -1.27. The van der Waals surface area contributed by atoms with Crippen molar-refractivity contribution in [1.82, 2.24) is 0 Å². The molecule has 0 unspecified atom stereocenters. The number of amides is 4. The van der Waals surface area contributed by atoms with Gasteiger partial charge in [0.15, 0.2) is 0 Å². The molecule has 0 heterocycles. The minimum absolute atomic E-state index is 0.166. The zero-order chi connectivity index (χ0) is 27.5. The Morgan fingerprint density at radius 1 is 0.579 bits per heavy atom. The first kappa shape index (κ1) is 27.3. The number of rotatable bonds is 11. The van der Waals surface area contributed by atoms with Crippen LogP contribution < -0.4 is 21.3 Å². The molecule has 8 nitrogen and oxygen atoms in total. The van der Waals surface area contributed by atoms with Gasteiger partial charge in [0, 0.05) is 17.8 Å². The molecule has 4 N–H and O–H groups in total. The van der Waals surface area contributed by atoms with Crippen LogP contribution >= 0.6 is 0 Å². The third-order valence-corrected chi connectivity index (χ3v) is 5.45. The smallest absolute Gasteiger partial charge is 0.247 e. The van der Waals surface area contributed by atoms with E-state index < -0.39 is 11.8 Å². The molecule has 0 fully saturated rings. The predicted molar refractivity (Wildman–Crippen MR) is 152 cm³/mol. The average Bonchev–Trinajstić information content (AvgIpc) is 2.93. The van der Waals surface area contributed by atoms with Crippen LogP contribution in [0.15, 0.2) is 105 Å². The van der Waals surface area contributed by atoms with E-state index in [1.165, 1.54) is 6.08 Å². The fraction of sp³-hybridized carbons (Fsp3) is 0.0667. The maximum atomic E-state index is 12.5. The molecule has 3 rings (SSSR count). The second-order valence-electron chi connectivity index (χ2n) is 8.16. The number of benzene rings is 3. The van der Waals surface area contributed by atoms with Gasteiger partial charge in [0.2, 0.25) is 23.6 Å². The summed E-state index contributed by atoms with van der Waals surface area (Å²) in [6.07, 6.45) is 4.11. The van der Waals surface area contributed by atoms with Crippen molar-refractivity contribution in [2.24, 2.45) is 0 Å². The Balaban J connectivity index is 1.59. The van der Waals surface area contributed by atoms with Gasteiger partial charge in [0.1, 0.15) is 0 Å². The highest BCUT2D eigenvalue weighted by Gasteiger charge is 2.10. The van der Waals surface area contributed by atoms with E-state index in [0.717, 1.165) is 28.8 Å². The van der Waals surface area contributed by atoms with E-state index in [-0.39, 0.29) is 18.2 Å². The second-order valence-corrected chi connectivity index (χ2v) is 8.16. The van der Waals surface area contributed by atoms with Crippen LogP contribution in [0.5, 0.6) is 0 Å². The molecule has 0 spiro atoms. The fourth-order valence-corrected chi connectivity index (χ4v) is 3.49. The van der Waals surface area contributed by atoms with Crippen LogP contribution in [0.1, 0.15) is 12.0 Å². The largest absolute Gasteiger partial charge is 0.326 e. The number of carbonyl (C=O) groups excluding carboxylic acids is 4. The number of hydrogen-bond acceptors (Lipinski definition) is 4. The van der Waals surface area contributed by atoms with E-state index >= 15 is 0 Å². The van der Waals surface area contributed by atoms with Crippen molar-refractivity contribution in [3.05, 3.63) is 110 Å². The molecule has 8 heteroatoms. The van der Waals surface area contributed by atoms with E-state index in [4.69, 9.17) is 0 Å². The lowest BCUT2D eigenvalue weighted by molar-refractivity contribution is -0.116. The molecular weight excluding hydrogens is 480 g/mol. The molecular formula is C30H28N4O4. The molecule has 0 radical (unpaired) electrons. The molecule has 4 amide bonds. The van der Waals surface area contributed by atoms with E-state index in [1.807, 2.05) is 36.4 Å². The van der Waals surface area contributed by atoms with Crippen molar-refractivity contribution in [2.45, 2.75) is 12.8 Å². The maximum Gasteiger partial charge on any atom is 0.247 e. The Bertz CT molecular complexity index is 1380. The van der Waals surface area contributed by atoms with Crippen molar-refractivity contribution >= 4 is 46.4 Å². The Hall–Kier alpha value is -5.24. The molecule has 3 aromatic carbocycles. The van der Waals surface area contributed by atoms with Gasteiger partial charge < -0.3 is 21.3 Å². The summed E-state index contributed by atoms with van der Waals surface area (Å²) in [4.78, 5) is 47.5. The lowest BCUT2D eigenvalue weighted by Gasteiger charge is -2.13. The molecule has 0 aliphatic rings. The highest BCUT2D eigenvalue weighted by molar-refractivity contribution is 6.05. The molecule has 0 atom stereocenters. The van der Waals surface area contributed by atoms with Crippen LogP contribution in [0.25, 0.3) is 11.1 Å². The maximum absolute atomic E-state index is 12.5. The van der Waals surface area contributed by atoms with Gasteiger partial charge in [-0.25, -0.2) is 0 Å². The quantitative estimate of drug-likeness (QED) is 0.263. The van der Waals surface area contributed by atoms with E-state index in [0.29, 0.717) is 29.2 Å². The van der Waals surface area contributed by atoms with Crippen LogP contribution in [-0.4, -0.2) is 23.6 Å². The lowest BCUT2D eigenvalue weighted by Crippen LogP contribution is -2.14. The standard InChI is InChI=1S/C30H28N4O4/c1-4-27(35)31-23-13-9-21(10-14-23)22-11-15-24(16-12-22)32-30(38)18-8-20-7-17-25(33-28(36)5-2)26(19-20)34-29(37)6-3/h4-7,9-17,19H,1-3,8,18H2,(H,31,35)(H,32,38)(H,33,36)(H,34,37). The van der Waals surface area contributed by atoms with Crippen molar-refractivity contribution in [3.63, 3.8) is 0 Å². The SMILES string of the molecule is C=CC(=O)Nc1ccc(-c2ccc(NC(=O)CCc3ccc(NC(=O)C=C)c(NC(=O)C=C)c3)cc2)cc1. The van der Waals surface area contributed by atoms with Gasteiger partial charge in [-0.05, 0) is 77.7 Å². The molecule has 0 saturated carbocycles. The Morgan fingerprint density at radius 2 is 1.05 bits per heavy atom. The van der Waals surface area contributed by atoms with Crippen LogP contribution in [0, 0.1) is 0 Å². The Labute approximate surface area is 221 Å². The summed E-state index contributed by atoms with van der Waals surface area (Å²) >= 11 is 0. The Morgan fingerprint density at radius 3 is 1.58 bits per heavy atom. The first-order valence-corrected chi connectivity index (χ1v) is 11.7. The van der Waals surface area contributed by atoms with Gasteiger partial charge >= 0.3 is 0 Å². The number of carbonyl (C=O) groups is 4. The molecule has 0 bridgehead atoms. The minimum atomic E-state index is -0.423. The first-order chi connectivity index (χ1) is 18.3. The Kier molecular flexibility index (Phi) is 9.48. The highest BCUT2D eigenvalue weighted by atomic mass is 16.2. The highest BCUT2D eigenvalue weighted by Crippen LogP contribution is 2.25. The lowest BCUT2D eigenvalue weighted by atomic mass is 10.0. The van der Waals surface area contributed by atoms with Crippen LogP contribution in [-0.2, 0) is 25.6 Å². The van der Waals surface area contributed by atoms with E-state index in [1.54, 1.807) is 30.3 Å². The number of aryl methyl sites for hydroxylation is 1. The van der Waals surface area contributed by atoms with Gasteiger partial charge in [-0.2, -0.15) is 0 Å². The summed E-state index contributed by atoms with van der Waals surface area (Å²) in [7, 11) is 0. The topological polar surface area (TPSA) is 116 Å². The molecule has 0 aliphatic heterocycles. The normalized spacial score (nSPS) is 10.0. The zero-order valence-electron chi connectivity index (χ0n) is 20.8. The summed E-state index contributed by atoms with van der Waals surface area (Å²) in [6.45, 7) is 10.3. The van der Waals surface area contributed by atoms with E-state index in [2.05, 4.69) is 41.0 Å². The molecule has 38 heavy (non-hydrogen) atoms. The van der Waals surface area contributed by atoms with Gasteiger partial charge in [-0.3, -0.25) is 19.2 Å². The summed E-state index contributed by atoms with van der Waals surface area (Å²) in [5, 5.41) is 10.9. The van der Waals surface area contributed by atoms with Crippen molar-refractivity contribution in [1.29, 1.82) is 0 Å². The number of hydrogen-bond donors (Lipinski definition) is 4. The third-order valence-electron chi connectivity index (χ3n) is 5.45. The minimum Gasteiger partial charge on any atom is -0.326 e. The molecule has 0 aliphatic carbocycles. The third kappa shape index (κ3) is 7.89. The van der Waals surface area contributed by atoms with Gasteiger partial charge in [-0.15, -0.1) is 0 Å². The molecule has 3 aromatic rings. The van der Waals surface area contributed by atoms with Crippen molar-refractivity contribution < 1.29 is 19.2 Å².